The normalized spacial score (nSPS) is 10.1. The van der Waals surface area contributed by atoms with Crippen LogP contribution in [0.2, 0.25) is 5.02 Å². The number of anilines is 1. The second-order valence-electron chi connectivity index (χ2n) is 4.14. The van der Waals surface area contributed by atoms with Gasteiger partial charge in [0.2, 0.25) is 0 Å². The van der Waals surface area contributed by atoms with Crippen LogP contribution in [-0.2, 0) is 0 Å². The van der Waals surface area contributed by atoms with E-state index in [-0.39, 0.29) is 0 Å². The van der Waals surface area contributed by atoms with Crippen molar-refractivity contribution in [1.82, 2.24) is 0 Å². The quantitative estimate of drug-likeness (QED) is 0.803. The van der Waals surface area contributed by atoms with Gasteiger partial charge in [-0.15, -0.1) is 0 Å². The Bertz CT molecular complexity index is 611. The van der Waals surface area contributed by atoms with Gasteiger partial charge in [-0.2, -0.15) is 0 Å². The van der Waals surface area contributed by atoms with Gasteiger partial charge in [-0.3, -0.25) is 0 Å². The van der Waals surface area contributed by atoms with E-state index in [1.165, 1.54) is 0 Å². The van der Waals surface area contributed by atoms with Gasteiger partial charge in [-0.05, 0) is 43.3 Å². The van der Waals surface area contributed by atoms with Crippen molar-refractivity contribution in [2.75, 3.05) is 12.4 Å². The van der Waals surface area contributed by atoms with Crippen LogP contribution in [0.25, 0.3) is 0 Å². The Labute approximate surface area is 117 Å². The average Bonchev–Trinajstić information content (AvgIpc) is 2.38. The second-order valence-corrected chi connectivity index (χ2v) is 4.58. The third kappa shape index (κ3) is 3.26. The van der Waals surface area contributed by atoms with Crippen LogP contribution < -0.4 is 10.1 Å². The van der Waals surface area contributed by atoms with Crippen molar-refractivity contribution in [2.24, 2.45) is 0 Å². The smallest absolute Gasteiger partial charge is 0.128 e. The molecule has 0 saturated carbocycles. The van der Waals surface area contributed by atoms with E-state index in [1.54, 1.807) is 19.1 Å². The van der Waals surface area contributed by atoms with Crippen LogP contribution >= 0.6 is 11.6 Å². The molecule has 0 heterocycles. The lowest BCUT2D eigenvalue weighted by Crippen LogP contribution is -2.00. The fraction of sp³-hybridized carbons (Fsp3) is 0.133. The number of hydrogen-bond donors (Lipinski definition) is 2. The van der Waals surface area contributed by atoms with Gasteiger partial charge >= 0.3 is 0 Å². The largest absolute Gasteiger partial charge is 0.457 e. The molecule has 2 aromatic rings. The highest BCUT2D eigenvalue weighted by atomic mass is 35.5. The summed E-state index contributed by atoms with van der Waals surface area (Å²) in [6.07, 6.45) is 0. The van der Waals surface area contributed by atoms with Crippen molar-refractivity contribution in [3.63, 3.8) is 0 Å². The molecule has 19 heavy (non-hydrogen) atoms. The van der Waals surface area contributed by atoms with E-state index in [0.29, 0.717) is 22.2 Å². The van der Waals surface area contributed by atoms with E-state index in [2.05, 4.69) is 5.32 Å². The average molecular weight is 275 g/mol. The summed E-state index contributed by atoms with van der Waals surface area (Å²) in [5.74, 6) is 1.36. The first-order chi connectivity index (χ1) is 9.10. The van der Waals surface area contributed by atoms with E-state index < -0.39 is 0 Å². The van der Waals surface area contributed by atoms with Gasteiger partial charge in [-0.1, -0.05) is 17.7 Å². The summed E-state index contributed by atoms with van der Waals surface area (Å²) in [6.45, 7) is 1.75. The molecule has 0 aliphatic carbocycles. The molecule has 0 unspecified atom stereocenters. The lowest BCUT2D eigenvalue weighted by molar-refractivity contribution is 0.482. The van der Waals surface area contributed by atoms with Gasteiger partial charge in [-0.25, -0.2) is 0 Å². The van der Waals surface area contributed by atoms with E-state index >= 15 is 0 Å². The minimum Gasteiger partial charge on any atom is -0.457 e. The minimum atomic E-state index is 0.487. The standard InChI is InChI=1S/C15H15ClN2O/c1-10(17)14-9-13(6-7-15(14)18-2)19-12-5-3-4-11(16)8-12/h3-9,17-18H,1-2H3. The van der Waals surface area contributed by atoms with E-state index in [4.69, 9.17) is 21.7 Å². The van der Waals surface area contributed by atoms with Crippen LogP contribution in [0.5, 0.6) is 11.5 Å². The van der Waals surface area contributed by atoms with Crippen LogP contribution in [0.3, 0.4) is 0 Å². The van der Waals surface area contributed by atoms with Gasteiger partial charge in [0.1, 0.15) is 11.5 Å². The summed E-state index contributed by atoms with van der Waals surface area (Å²) in [5, 5.41) is 11.5. The first-order valence-corrected chi connectivity index (χ1v) is 6.28. The second kappa shape index (κ2) is 5.76. The molecule has 0 aromatic heterocycles. The van der Waals surface area contributed by atoms with Gasteiger partial charge in [0.15, 0.2) is 0 Å². The molecule has 4 heteroatoms. The number of ether oxygens (including phenoxy) is 1. The summed E-state index contributed by atoms with van der Waals surface area (Å²) in [7, 11) is 1.83. The van der Waals surface area contributed by atoms with Crippen LogP contribution in [-0.4, -0.2) is 12.8 Å². The molecular weight excluding hydrogens is 260 g/mol. The highest BCUT2D eigenvalue weighted by Gasteiger charge is 2.06. The molecule has 2 N–H and O–H groups in total. The molecule has 0 aliphatic rings. The van der Waals surface area contributed by atoms with E-state index in [9.17, 15) is 0 Å². The van der Waals surface area contributed by atoms with Gasteiger partial charge in [0, 0.05) is 29.0 Å². The van der Waals surface area contributed by atoms with Crippen molar-refractivity contribution < 1.29 is 4.74 Å². The molecule has 98 valence electrons. The summed E-state index contributed by atoms with van der Waals surface area (Å²) >= 11 is 5.92. The molecule has 0 fully saturated rings. The van der Waals surface area contributed by atoms with Crippen LogP contribution in [0, 0.1) is 5.41 Å². The predicted molar refractivity (Wildman–Crippen MR) is 80.0 cm³/mol. The number of halogens is 1. The zero-order valence-electron chi connectivity index (χ0n) is 10.8. The Morgan fingerprint density at radius 1 is 1.16 bits per heavy atom. The molecule has 0 saturated heterocycles. The third-order valence-electron chi connectivity index (χ3n) is 2.70. The van der Waals surface area contributed by atoms with Crippen molar-refractivity contribution in [1.29, 1.82) is 5.41 Å². The Morgan fingerprint density at radius 2 is 1.89 bits per heavy atom. The monoisotopic (exact) mass is 274 g/mol. The Kier molecular flexibility index (Phi) is 4.07. The highest BCUT2D eigenvalue weighted by Crippen LogP contribution is 2.28. The van der Waals surface area contributed by atoms with Gasteiger partial charge in [0.25, 0.3) is 0 Å². The SMILES string of the molecule is CNc1ccc(Oc2cccc(Cl)c2)cc1C(C)=N. The fourth-order valence-electron chi connectivity index (χ4n) is 1.78. The summed E-state index contributed by atoms with van der Waals surface area (Å²) in [4.78, 5) is 0. The fourth-order valence-corrected chi connectivity index (χ4v) is 1.96. The maximum Gasteiger partial charge on any atom is 0.128 e. The molecule has 0 radical (unpaired) electrons. The summed E-state index contributed by atoms with van der Waals surface area (Å²) in [6, 6.07) is 12.8. The van der Waals surface area contributed by atoms with Crippen molar-refractivity contribution in [3.05, 3.63) is 53.1 Å². The van der Waals surface area contributed by atoms with Gasteiger partial charge in [0.05, 0.1) is 0 Å². The third-order valence-corrected chi connectivity index (χ3v) is 2.93. The van der Waals surface area contributed by atoms with Crippen molar-refractivity contribution in [3.8, 4) is 11.5 Å². The predicted octanol–water partition coefficient (Wildman–Crippen LogP) is 4.56. The van der Waals surface area contributed by atoms with Crippen LogP contribution in [0.15, 0.2) is 42.5 Å². The minimum absolute atomic E-state index is 0.487. The zero-order chi connectivity index (χ0) is 13.8. The molecule has 0 atom stereocenters. The number of rotatable bonds is 4. The lowest BCUT2D eigenvalue weighted by Gasteiger charge is -2.11. The molecule has 3 nitrogen and oxygen atoms in total. The first-order valence-electron chi connectivity index (χ1n) is 5.91. The Morgan fingerprint density at radius 3 is 2.53 bits per heavy atom. The first kappa shape index (κ1) is 13.4. The molecule has 0 aliphatic heterocycles. The topological polar surface area (TPSA) is 45.1 Å². The molecule has 2 aromatic carbocycles. The molecular formula is C15H15ClN2O. The van der Waals surface area contributed by atoms with Gasteiger partial charge < -0.3 is 15.5 Å². The summed E-state index contributed by atoms with van der Waals surface area (Å²) < 4.78 is 5.74. The Balaban J connectivity index is 2.31. The molecule has 0 bridgehead atoms. The molecule has 0 amide bonds. The van der Waals surface area contributed by atoms with E-state index in [1.807, 2.05) is 37.4 Å². The summed E-state index contributed by atoms with van der Waals surface area (Å²) in [5.41, 5.74) is 2.22. The van der Waals surface area contributed by atoms with Crippen molar-refractivity contribution in [2.45, 2.75) is 6.92 Å². The maximum absolute atomic E-state index is 7.77. The lowest BCUT2D eigenvalue weighted by atomic mass is 10.1. The van der Waals surface area contributed by atoms with Crippen LogP contribution in [0.1, 0.15) is 12.5 Å². The molecule has 0 spiro atoms. The zero-order valence-corrected chi connectivity index (χ0v) is 11.6. The van der Waals surface area contributed by atoms with E-state index in [0.717, 1.165) is 11.3 Å². The van der Waals surface area contributed by atoms with Crippen molar-refractivity contribution >= 4 is 23.0 Å². The number of benzene rings is 2. The number of hydrogen-bond acceptors (Lipinski definition) is 3. The highest BCUT2D eigenvalue weighted by molar-refractivity contribution is 6.30. The van der Waals surface area contributed by atoms with Crippen LogP contribution in [0.4, 0.5) is 5.69 Å². The maximum atomic E-state index is 7.77. The number of nitrogens with one attached hydrogen (secondary N) is 2. The molecule has 2 rings (SSSR count). The Hall–Kier alpha value is -2.00.